The minimum absolute atomic E-state index is 0.0359. The number of pyridine rings is 1. The van der Waals surface area contributed by atoms with Gasteiger partial charge in [0.15, 0.2) is 11.6 Å². The Labute approximate surface area is 248 Å². The average Bonchev–Trinajstić information content (AvgIpc) is 2.96. The summed E-state index contributed by atoms with van der Waals surface area (Å²) < 4.78 is 52.1. The summed E-state index contributed by atoms with van der Waals surface area (Å²) in [7, 11) is 0. The molecule has 0 radical (unpaired) electrons. The van der Waals surface area contributed by atoms with Gasteiger partial charge in [-0.15, -0.1) is 0 Å². The van der Waals surface area contributed by atoms with Crippen molar-refractivity contribution < 1.29 is 37.0 Å². The molecule has 1 amide bonds. The molecule has 232 valence electrons. The highest BCUT2D eigenvalue weighted by atomic mass is 19.4. The van der Waals surface area contributed by atoms with E-state index in [1.807, 2.05) is 48.8 Å². The Morgan fingerprint density at radius 1 is 0.953 bits per heavy atom. The van der Waals surface area contributed by atoms with Crippen molar-refractivity contribution in [1.29, 1.82) is 0 Å². The lowest BCUT2D eigenvalue weighted by Crippen LogP contribution is -2.47. The van der Waals surface area contributed by atoms with E-state index in [1.165, 1.54) is 23.4 Å². The van der Waals surface area contributed by atoms with Crippen LogP contribution in [0, 0.1) is 5.82 Å². The number of hydrogen-bond acceptors (Lipinski definition) is 6. The lowest BCUT2D eigenvalue weighted by Gasteiger charge is -2.36. The van der Waals surface area contributed by atoms with E-state index >= 15 is 0 Å². The first-order chi connectivity index (χ1) is 20.2. The highest BCUT2D eigenvalue weighted by Crippen LogP contribution is 2.28. The van der Waals surface area contributed by atoms with E-state index < -0.39 is 18.0 Å². The van der Waals surface area contributed by atoms with Crippen LogP contribution in [0.15, 0.2) is 67.0 Å². The van der Waals surface area contributed by atoms with Gasteiger partial charge in [-0.2, -0.15) is 13.2 Å². The summed E-state index contributed by atoms with van der Waals surface area (Å²) in [5.74, 6) is -2.94. The summed E-state index contributed by atoms with van der Waals surface area (Å²) in [6.45, 7) is 11.8. The standard InChI is InChI=1S/C29H35FN4O2.C2HF3O2/c1-29(2,3)23-6-8-25(9-7-23)36-27-10-5-22(21-26(27)30)28(35)32-13-4-16-33-17-19-34(20-18-33)24-11-14-31-15-12-24;3-2(4,5)1(6)7/h5-12,14-15,21H,4,13,16-20H2,1-3H3,(H,32,35);(H,6,7). The molecule has 1 fully saturated rings. The fraction of sp³-hybridized carbons (Fsp3) is 0.387. The molecular formula is C31H36F4N4O4. The van der Waals surface area contributed by atoms with Crippen molar-refractivity contribution in [3.05, 3.63) is 83.9 Å². The van der Waals surface area contributed by atoms with Crippen LogP contribution < -0.4 is 15.0 Å². The number of carbonyl (C=O) groups excluding carboxylic acids is 1. The Hall–Kier alpha value is -4.19. The van der Waals surface area contributed by atoms with Gasteiger partial charge in [0, 0.05) is 56.4 Å². The summed E-state index contributed by atoms with van der Waals surface area (Å²) >= 11 is 0. The largest absolute Gasteiger partial charge is 0.490 e. The topological polar surface area (TPSA) is 95.0 Å². The molecule has 1 aromatic heterocycles. The van der Waals surface area contributed by atoms with E-state index in [-0.39, 0.29) is 22.6 Å². The third kappa shape index (κ3) is 10.5. The third-order valence-electron chi connectivity index (χ3n) is 6.72. The monoisotopic (exact) mass is 604 g/mol. The number of ether oxygens (including phenoxy) is 1. The van der Waals surface area contributed by atoms with Gasteiger partial charge in [-0.05, 0) is 66.4 Å². The van der Waals surface area contributed by atoms with Crippen molar-refractivity contribution in [1.82, 2.24) is 15.2 Å². The normalized spacial score (nSPS) is 14.0. The molecule has 2 aromatic carbocycles. The number of rotatable bonds is 8. The van der Waals surface area contributed by atoms with Crippen molar-refractivity contribution in [2.75, 3.05) is 44.2 Å². The number of alkyl halides is 3. The summed E-state index contributed by atoms with van der Waals surface area (Å²) in [5, 5.41) is 10.0. The summed E-state index contributed by atoms with van der Waals surface area (Å²) in [4.78, 5) is 30.2. The number of piperazine rings is 1. The number of nitrogens with zero attached hydrogens (tertiary/aromatic N) is 3. The Balaban J connectivity index is 0.000000646. The Morgan fingerprint density at radius 2 is 1.56 bits per heavy atom. The molecule has 2 heterocycles. The van der Waals surface area contributed by atoms with Crippen molar-refractivity contribution in [3.63, 3.8) is 0 Å². The van der Waals surface area contributed by atoms with Gasteiger partial charge in [0.1, 0.15) is 5.75 Å². The molecule has 4 rings (SSSR count). The molecule has 0 bridgehead atoms. The van der Waals surface area contributed by atoms with Crippen molar-refractivity contribution in [3.8, 4) is 11.5 Å². The van der Waals surface area contributed by atoms with Crippen molar-refractivity contribution in [2.45, 2.75) is 38.8 Å². The Bertz CT molecular complexity index is 1340. The zero-order chi connectivity index (χ0) is 31.6. The molecular weight excluding hydrogens is 568 g/mol. The summed E-state index contributed by atoms with van der Waals surface area (Å²) in [6.07, 6.45) is -0.597. The number of halogens is 4. The van der Waals surface area contributed by atoms with Gasteiger partial charge >= 0.3 is 12.1 Å². The van der Waals surface area contributed by atoms with Gasteiger partial charge in [-0.1, -0.05) is 32.9 Å². The van der Waals surface area contributed by atoms with Gasteiger partial charge in [0.2, 0.25) is 0 Å². The van der Waals surface area contributed by atoms with Crippen LogP contribution in [0.4, 0.5) is 23.2 Å². The summed E-state index contributed by atoms with van der Waals surface area (Å²) in [5.41, 5.74) is 2.70. The van der Waals surface area contributed by atoms with Crippen LogP contribution in [0.3, 0.4) is 0 Å². The van der Waals surface area contributed by atoms with Crippen LogP contribution in [-0.2, 0) is 10.2 Å². The second-order valence-electron chi connectivity index (χ2n) is 11.0. The fourth-order valence-corrected chi connectivity index (χ4v) is 4.27. The molecule has 43 heavy (non-hydrogen) atoms. The average molecular weight is 605 g/mol. The Morgan fingerprint density at radius 3 is 2.09 bits per heavy atom. The maximum atomic E-state index is 14.6. The number of aromatic nitrogens is 1. The molecule has 0 spiro atoms. The molecule has 0 saturated carbocycles. The highest BCUT2D eigenvalue weighted by molar-refractivity contribution is 5.94. The lowest BCUT2D eigenvalue weighted by atomic mass is 9.87. The van der Waals surface area contributed by atoms with Crippen LogP contribution in [0.25, 0.3) is 0 Å². The number of aliphatic carboxylic acids is 1. The lowest BCUT2D eigenvalue weighted by molar-refractivity contribution is -0.192. The first-order valence-electron chi connectivity index (χ1n) is 13.8. The molecule has 2 N–H and O–H groups in total. The fourth-order valence-electron chi connectivity index (χ4n) is 4.27. The van der Waals surface area contributed by atoms with E-state index in [1.54, 1.807) is 6.07 Å². The smallest absolute Gasteiger partial charge is 0.475 e. The second-order valence-corrected chi connectivity index (χ2v) is 11.0. The van der Waals surface area contributed by atoms with E-state index in [2.05, 4.69) is 40.9 Å². The molecule has 3 aromatic rings. The van der Waals surface area contributed by atoms with Crippen molar-refractivity contribution in [2.24, 2.45) is 0 Å². The molecule has 1 aliphatic rings. The van der Waals surface area contributed by atoms with Gasteiger partial charge in [-0.3, -0.25) is 14.7 Å². The van der Waals surface area contributed by atoms with Crippen LogP contribution >= 0.6 is 0 Å². The molecule has 0 aliphatic carbocycles. The number of benzene rings is 2. The van der Waals surface area contributed by atoms with Crippen molar-refractivity contribution >= 4 is 17.6 Å². The molecule has 0 atom stereocenters. The number of carbonyl (C=O) groups is 2. The van der Waals surface area contributed by atoms with Crippen LogP contribution in [0.2, 0.25) is 0 Å². The zero-order valence-corrected chi connectivity index (χ0v) is 24.3. The summed E-state index contributed by atoms with van der Waals surface area (Å²) in [6, 6.07) is 16.0. The third-order valence-corrected chi connectivity index (χ3v) is 6.72. The van der Waals surface area contributed by atoms with Crippen LogP contribution in [-0.4, -0.2) is 72.3 Å². The molecule has 1 saturated heterocycles. The van der Waals surface area contributed by atoms with Gasteiger partial charge in [-0.25, -0.2) is 9.18 Å². The number of amides is 1. The first kappa shape index (κ1) is 33.3. The Kier molecular flexibility index (Phi) is 11.5. The van der Waals surface area contributed by atoms with Gasteiger partial charge < -0.3 is 20.1 Å². The quantitative estimate of drug-likeness (QED) is 0.245. The molecule has 12 heteroatoms. The molecule has 0 unspecified atom stereocenters. The van der Waals surface area contributed by atoms with E-state index in [0.717, 1.165) is 39.1 Å². The SMILES string of the molecule is CC(C)(C)c1ccc(Oc2ccc(C(=O)NCCCN3CCN(c4ccncc4)CC3)cc2F)cc1.O=C(O)C(F)(F)F. The van der Waals surface area contributed by atoms with Gasteiger partial charge in [0.25, 0.3) is 5.91 Å². The number of anilines is 1. The van der Waals surface area contributed by atoms with Crippen LogP contribution in [0.1, 0.15) is 43.1 Å². The minimum atomic E-state index is -5.08. The maximum Gasteiger partial charge on any atom is 0.490 e. The van der Waals surface area contributed by atoms with E-state index in [4.69, 9.17) is 14.6 Å². The first-order valence-corrected chi connectivity index (χ1v) is 13.8. The molecule has 8 nitrogen and oxygen atoms in total. The number of nitrogens with one attached hydrogen (secondary N) is 1. The zero-order valence-electron chi connectivity index (χ0n) is 24.3. The second kappa shape index (κ2) is 14.8. The predicted molar refractivity (Wildman–Crippen MR) is 155 cm³/mol. The van der Waals surface area contributed by atoms with E-state index in [9.17, 15) is 22.4 Å². The predicted octanol–water partition coefficient (Wildman–Crippen LogP) is 5.89. The number of carboxylic acids is 1. The minimum Gasteiger partial charge on any atom is -0.475 e. The number of carboxylic acid groups (broad SMARTS) is 1. The molecule has 1 aliphatic heterocycles. The van der Waals surface area contributed by atoms with E-state index in [0.29, 0.717) is 12.3 Å². The highest BCUT2D eigenvalue weighted by Gasteiger charge is 2.38. The number of hydrogen-bond donors (Lipinski definition) is 2. The maximum absolute atomic E-state index is 14.6. The van der Waals surface area contributed by atoms with Crippen LogP contribution in [0.5, 0.6) is 11.5 Å². The van der Waals surface area contributed by atoms with Gasteiger partial charge in [0.05, 0.1) is 0 Å².